The molecular formula is C17H20N4O2S. The third-order valence-corrected chi connectivity index (χ3v) is 4.55. The first kappa shape index (κ1) is 16.6. The number of benzene rings is 1. The second-order valence-corrected chi connectivity index (χ2v) is 6.96. The smallest absolute Gasteiger partial charge is 0.282 e. The van der Waals surface area contributed by atoms with Crippen LogP contribution in [0.4, 0.5) is 5.00 Å². The zero-order chi connectivity index (χ0) is 17.4. The molecule has 126 valence electrons. The van der Waals surface area contributed by atoms with Crippen LogP contribution in [0.3, 0.4) is 0 Å². The van der Waals surface area contributed by atoms with Crippen molar-refractivity contribution in [2.45, 2.75) is 33.0 Å². The second-order valence-electron chi connectivity index (χ2n) is 6.05. The van der Waals surface area contributed by atoms with Crippen LogP contribution >= 0.6 is 11.3 Å². The molecule has 0 fully saturated rings. The highest BCUT2D eigenvalue weighted by Gasteiger charge is 2.21. The molecule has 2 heterocycles. The molecule has 0 saturated heterocycles. The predicted molar refractivity (Wildman–Crippen MR) is 97.6 cm³/mol. The number of anilines is 1. The fourth-order valence-electron chi connectivity index (χ4n) is 2.55. The van der Waals surface area contributed by atoms with Gasteiger partial charge in [0.25, 0.3) is 5.56 Å². The van der Waals surface area contributed by atoms with Gasteiger partial charge in [-0.05, 0) is 32.9 Å². The van der Waals surface area contributed by atoms with Crippen molar-refractivity contribution in [1.82, 2.24) is 15.1 Å². The van der Waals surface area contributed by atoms with Crippen molar-refractivity contribution < 1.29 is 5.11 Å². The lowest BCUT2D eigenvalue weighted by Gasteiger charge is -2.17. The molecule has 6 nitrogen and oxygen atoms in total. The topological polar surface area (TPSA) is 93.2 Å². The number of nitrogens with zero attached hydrogens (tertiary/aromatic N) is 2. The summed E-state index contributed by atoms with van der Waals surface area (Å²) in [5.41, 5.74) is 7.83. The number of hydrogen-bond donors (Lipinski definition) is 3. The number of nitrogen functional groups attached to an aromatic ring is 1. The lowest BCUT2D eigenvalue weighted by atomic mass is 10.2. The van der Waals surface area contributed by atoms with E-state index in [1.807, 2.05) is 45.0 Å². The summed E-state index contributed by atoms with van der Waals surface area (Å²) in [7, 11) is 0. The number of aliphatic hydroxyl groups excluding tert-OH is 1. The van der Waals surface area contributed by atoms with Crippen LogP contribution in [0.25, 0.3) is 16.5 Å². The summed E-state index contributed by atoms with van der Waals surface area (Å²) in [5, 5.41) is 21.1. The van der Waals surface area contributed by atoms with E-state index >= 15 is 0 Å². The van der Waals surface area contributed by atoms with Crippen LogP contribution < -0.4 is 16.6 Å². The molecule has 0 aliphatic heterocycles. The molecule has 0 aliphatic rings. The van der Waals surface area contributed by atoms with Crippen LogP contribution in [-0.4, -0.2) is 20.9 Å². The first-order chi connectivity index (χ1) is 11.4. The summed E-state index contributed by atoms with van der Waals surface area (Å²) in [6, 6.07) is 7.53. The Bertz CT molecular complexity index is 928. The number of fused-ring (bicyclic) bond motifs is 1. The average molecular weight is 344 g/mol. The quantitative estimate of drug-likeness (QED) is 0.632. The van der Waals surface area contributed by atoms with E-state index in [2.05, 4.69) is 10.4 Å². The molecule has 1 atom stereocenters. The van der Waals surface area contributed by atoms with Crippen LogP contribution in [0.2, 0.25) is 0 Å². The molecule has 0 radical (unpaired) electrons. The minimum Gasteiger partial charge on any atom is -0.390 e. The van der Waals surface area contributed by atoms with Gasteiger partial charge in [-0.2, -0.15) is 9.78 Å². The van der Waals surface area contributed by atoms with Gasteiger partial charge in [0.2, 0.25) is 0 Å². The Morgan fingerprint density at radius 2 is 1.96 bits per heavy atom. The molecule has 1 unspecified atom stereocenters. The molecule has 4 N–H and O–H groups in total. The van der Waals surface area contributed by atoms with E-state index in [0.29, 0.717) is 27.2 Å². The molecule has 0 amide bonds. The van der Waals surface area contributed by atoms with Crippen molar-refractivity contribution in [3.63, 3.8) is 0 Å². The van der Waals surface area contributed by atoms with E-state index in [1.54, 1.807) is 5.38 Å². The van der Waals surface area contributed by atoms with E-state index in [9.17, 15) is 9.90 Å². The fourth-order valence-corrected chi connectivity index (χ4v) is 3.35. The Morgan fingerprint density at radius 3 is 2.58 bits per heavy atom. The van der Waals surface area contributed by atoms with E-state index < -0.39 is 6.23 Å². The summed E-state index contributed by atoms with van der Waals surface area (Å²) in [6.07, 6.45) is -0.987. The summed E-state index contributed by atoms with van der Waals surface area (Å²) >= 11 is 1.27. The van der Waals surface area contributed by atoms with Gasteiger partial charge >= 0.3 is 0 Å². The Kier molecular flexibility index (Phi) is 4.40. The first-order valence-corrected chi connectivity index (χ1v) is 8.57. The normalized spacial score (nSPS) is 12.9. The van der Waals surface area contributed by atoms with Gasteiger partial charge in [0.1, 0.15) is 5.69 Å². The van der Waals surface area contributed by atoms with Crippen LogP contribution in [0.5, 0.6) is 0 Å². The van der Waals surface area contributed by atoms with Gasteiger partial charge in [-0.3, -0.25) is 10.1 Å². The van der Waals surface area contributed by atoms with E-state index in [1.165, 1.54) is 16.0 Å². The number of rotatable bonds is 4. The van der Waals surface area contributed by atoms with Gasteiger partial charge in [0, 0.05) is 16.8 Å². The van der Waals surface area contributed by atoms with Crippen LogP contribution in [0, 0.1) is 6.92 Å². The van der Waals surface area contributed by atoms with E-state index in [4.69, 9.17) is 5.73 Å². The van der Waals surface area contributed by atoms with E-state index in [0.717, 1.165) is 5.56 Å². The Labute approximate surface area is 143 Å². The SMILES string of the molecule is Cc1ccc(-n2nc(C(O)NC(C)C)c3csc(N)c3c2=O)cc1. The number of thiophene rings is 1. The number of nitrogens with two attached hydrogens (primary N) is 1. The maximum Gasteiger partial charge on any atom is 0.282 e. The van der Waals surface area contributed by atoms with Crippen LogP contribution in [0.15, 0.2) is 34.4 Å². The zero-order valence-electron chi connectivity index (χ0n) is 13.8. The summed E-state index contributed by atoms with van der Waals surface area (Å²) in [5.74, 6) is 0. The van der Waals surface area contributed by atoms with Gasteiger partial charge in [0.05, 0.1) is 16.1 Å². The molecule has 0 spiro atoms. The summed E-state index contributed by atoms with van der Waals surface area (Å²) in [6.45, 7) is 5.83. The highest BCUT2D eigenvalue weighted by Crippen LogP contribution is 2.29. The molecule has 24 heavy (non-hydrogen) atoms. The second kappa shape index (κ2) is 6.35. The fraction of sp³-hybridized carbons (Fsp3) is 0.294. The van der Waals surface area contributed by atoms with Gasteiger partial charge in [-0.1, -0.05) is 17.7 Å². The molecule has 3 rings (SSSR count). The molecule has 1 aromatic carbocycles. The third-order valence-electron chi connectivity index (χ3n) is 3.74. The van der Waals surface area contributed by atoms with Crippen molar-refractivity contribution in [3.8, 4) is 5.69 Å². The largest absolute Gasteiger partial charge is 0.390 e. The number of aliphatic hydroxyl groups is 1. The Hall–Kier alpha value is -2.22. The maximum absolute atomic E-state index is 12.8. The number of hydrogen-bond acceptors (Lipinski definition) is 6. The van der Waals surface area contributed by atoms with Crippen molar-refractivity contribution in [2.24, 2.45) is 0 Å². The van der Waals surface area contributed by atoms with Gasteiger partial charge in [-0.15, -0.1) is 11.3 Å². The van der Waals surface area contributed by atoms with Crippen molar-refractivity contribution >= 4 is 27.1 Å². The molecule has 3 aromatic rings. The van der Waals surface area contributed by atoms with Crippen molar-refractivity contribution in [1.29, 1.82) is 0 Å². The highest BCUT2D eigenvalue weighted by atomic mass is 32.1. The standard InChI is InChI=1S/C17H20N4O2S/c1-9(2)19-16(22)14-12-8-24-15(18)13(12)17(23)21(20-14)11-6-4-10(3)5-7-11/h4-9,16,19,22H,18H2,1-3H3. The number of aryl methyl sites for hydroxylation is 1. The van der Waals surface area contributed by atoms with E-state index in [-0.39, 0.29) is 11.6 Å². The summed E-state index contributed by atoms with van der Waals surface area (Å²) in [4.78, 5) is 12.8. The molecule has 0 saturated carbocycles. The first-order valence-electron chi connectivity index (χ1n) is 7.69. The number of nitrogens with one attached hydrogen (secondary N) is 1. The maximum atomic E-state index is 12.8. The van der Waals surface area contributed by atoms with Crippen LogP contribution in [0.1, 0.15) is 31.3 Å². The third kappa shape index (κ3) is 2.93. The lowest BCUT2D eigenvalue weighted by Crippen LogP contribution is -2.31. The van der Waals surface area contributed by atoms with Gasteiger partial charge in [0.15, 0.2) is 6.23 Å². The van der Waals surface area contributed by atoms with Crippen molar-refractivity contribution in [2.75, 3.05) is 5.73 Å². The minimum atomic E-state index is -0.987. The predicted octanol–water partition coefficient (Wildman–Crippen LogP) is 2.33. The molecule has 0 aliphatic carbocycles. The highest BCUT2D eigenvalue weighted by molar-refractivity contribution is 7.15. The molecule has 7 heteroatoms. The Morgan fingerprint density at radius 1 is 1.29 bits per heavy atom. The summed E-state index contributed by atoms with van der Waals surface area (Å²) < 4.78 is 1.30. The molecule has 0 bridgehead atoms. The molecule has 2 aromatic heterocycles. The monoisotopic (exact) mass is 344 g/mol. The minimum absolute atomic E-state index is 0.0626. The Balaban J connectivity index is 2.26. The van der Waals surface area contributed by atoms with Crippen LogP contribution in [-0.2, 0) is 0 Å². The average Bonchev–Trinajstić information content (AvgIpc) is 2.90. The molecular weight excluding hydrogens is 324 g/mol. The zero-order valence-corrected chi connectivity index (χ0v) is 14.6. The lowest BCUT2D eigenvalue weighted by molar-refractivity contribution is 0.124. The van der Waals surface area contributed by atoms with Gasteiger partial charge in [-0.25, -0.2) is 0 Å². The number of aromatic nitrogens is 2. The van der Waals surface area contributed by atoms with Gasteiger partial charge < -0.3 is 10.8 Å². The van der Waals surface area contributed by atoms with Crippen molar-refractivity contribution in [3.05, 3.63) is 51.3 Å².